The van der Waals surface area contributed by atoms with E-state index < -0.39 is 0 Å². The average Bonchev–Trinajstić information content (AvgIpc) is 2.34. The molecule has 0 amide bonds. The molecule has 1 aliphatic carbocycles. The second-order valence-electron chi connectivity index (χ2n) is 5.55. The molecule has 100 valence electrons. The number of halogens is 1. The molecule has 18 heavy (non-hydrogen) atoms. The lowest BCUT2D eigenvalue weighted by Gasteiger charge is -2.32. The van der Waals surface area contributed by atoms with Gasteiger partial charge in [0.1, 0.15) is 6.10 Å². The molecule has 1 aromatic heterocycles. The van der Waals surface area contributed by atoms with Crippen molar-refractivity contribution in [2.75, 3.05) is 0 Å². The van der Waals surface area contributed by atoms with Crippen molar-refractivity contribution in [1.82, 2.24) is 10.2 Å². The molecule has 3 unspecified atom stereocenters. The molecule has 1 aromatic rings. The molecule has 1 heterocycles. The molecule has 0 aliphatic heterocycles. The van der Waals surface area contributed by atoms with Gasteiger partial charge in [-0.3, -0.25) is 0 Å². The highest BCUT2D eigenvalue weighted by molar-refractivity contribution is 6.30. The monoisotopic (exact) mass is 268 g/mol. The van der Waals surface area contributed by atoms with E-state index in [0.717, 1.165) is 29.9 Å². The molecule has 1 fully saturated rings. The molecule has 0 radical (unpaired) electrons. The number of hydrogen-bond donors (Lipinski definition) is 0. The molecular weight excluding hydrogens is 248 g/mol. The average molecular weight is 269 g/mol. The van der Waals surface area contributed by atoms with Crippen LogP contribution in [0.2, 0.25) is 5.15 Å². The summed E-state index contributed by atoms with van der Waals surface area (Å²) < 4.78 is 6.01. The maximum absolute atomic E-state index is 6.01. The van der Waals surface area contributed by atoms with Crippen LogP contribution >= 0.6 is 11.6 Å². The number of rotatable bonds is 2. The topological polar surface area (TPSA) is 35.0 Å². The van der Waals surface area contributed by atoms with Crippen molar-refractivity contribution in [2.45, 2.75) is 53.1 Å². The van der Waals surface area contributed by atoms with E-state index in [4.69, 9.17) is 16.3 Å². The second kappa shape index (κ2) is 5.43. The van der Waals surface area contributed by atoms with E-state index in [1.807, 2.05) is 13.8 Å². The number of hydrogen-bond acceptors (Lipinski definition) is 3. The third-order valence-electron chi connectivity index (χ3n) is 4.25. The lowest BCUT2D eigenvalue weighted by Crippen LogP contribution is -2.29. The van der Waals surface area contributed by atoms with Gasteiger partial charge in [-0.15, -0.1) is 10.2 Å². The van der Waals surface area contributed by atoms with Crippen molar-refractivity contribution in [3.05, 3.63) is 16.3 Å². The van der Waals surface area contributed by atoms with Gasteiger partial charge < -0.3 is 4.74 Å². The Labute approximate surface area is 114 Å². The zero-order chi connectivity index (χ0) is 13.3. The van der Waals surface area contributed by atoms with Crippen molar-refractivity contribution in [1.29, 1.82) is 0 Å². The summed E-state index contributed by atoms with van der Waals surface area (Å²) >= 11 is 5.94. The molecule has 0 aromatic carbocycles. The zero-order valence-electron chi connectivity index (χ0n) is 11.5. The van der Waals surface area contributed by atoms with Crippen LogP contribution in [0.3, 0.4) is 0 Å². The molecule has 3 nitrogen and oxygen atoms in total. The van der Waals surface area contributed by atoms with Gasteiger partial charge in [0.25, 0.3) is 0 Å². The summed E-state index contributed by atoms with van der Waals surface area (Å²) in [7, 11) is 0. The minimum atomic E-state index is 0.268. The molecule has 0 spiro atoms. The van der Waals surface area contributed by atoms with Gasteiger partial charge in [0.15, 0.2) is 5.15 Å². The van der Waals surface area contributed by atoms with E-state index in [1.165, 1.54) is 6.42 Å². The second-order valence-corrected chi connectivity index (χ2v) is 5.91. The van der Waals surface area contributed by atoms with Crippen molar-refractivity contribution in [3.63, 3.8) is 0 Å². The molecule has 1 aliphatic rings. The van der Waals surface area contributed by atoms with Crippen LogP contribution < -0.4 is 4.74 Å². The summed E-state index contributed by atoms with van der Waals surface area (Å²) in [6.45, 7) is 8.55. The fourth-order valence-corrected chi connectivity index (χ4v) is 2.61. The maximum atomic E-state index is 6.01. The van der Waals surface area contributed by atoms with Gasteiger partial charge in [-0.25, -0.2) is 0 Å². The first-order valence-corrected chi connectivity index (χ1v) is 7.03. The van der Waals surface area contributed by atoms with Gasteiger partial charge in [-0.1, -0.05) is 25.4 Å². The van der Waals surface area contributed by atoms with Gasteiger partial charge in [-0.2, -0.15) is 0 Å². The van der Waals surface area contributed by atoms with Gasteiger partial charge in [0.2, 0.25) is 5.88 Å². The minimum Gasteiger partial charge on any atom is -0.473 e. The number of aromatic nitrogens is 2. The highest BCUT2D eigenvalue weighted by Gasteiger charge is 2.26. The summed E-state index contributed by atoms with van der Waals surface area (Å²) in [5.74, 6) is 2.15. The van der Waals surface area contributed by atoms with Crippen molar-refractivity contribution in [3.8, 4) is 5.88 Å². The van der Waals surface area contributed by atoms with Crippen LogP contribution in [0.4, 0.5) is 0 Å². The van der Waals surface area contributed by atoms with Crippen LogP contribution in [0.25, 0.3) is 0 Å². The van der Waals surface area contributed by atoms with Crippen LogP contribution in [0.1, 0.15) is 44.2 Å². The van der Waals surface area contributed by atoms with Gasteiger partial charge in [0.05, 0.1) is 0 Å². The predicted octanol–water partition coefficient (Wildman–Crippen LogP) is 3.95. The Bertz CT molecular complexity index is 436. The van der Waals surface area contributed by atoms with E-state index in [9.17, 15) is 0 Å². The maximum Gasteiger partial charge on any atom is 0.237 e. The Morgan fingerprint density at radius 3 is 2.44 bits per heavy atom. The van der Waals surface area contributed by atoms with E-state index in [0.29, 0.717) is 17.0 Å². The smallest absolute Gasteiger partial charge is 0.237 e. The normalized spacial score (nSPS) is 28.2. The quantitative estimate of drug-likeness (QED) is 0.815. The van der Waals surface area contributed by atoms with E-state index in [2.05, 4.69) is 24.0 Å². The zero-order valence-corrected chi connectivity index (χ0v) is 12.3. The highest BCUT2D eigenvalue weighted by Crippen LogP contribution is 2.32. The van der Waals surface area contributed by atoms with Crippen LogP contribution in [0, 0.1) is 25.7 Å². The predicted molar refractivity (Wildman–Crippen MR) is 73.1 cm³/mol. The molecule has 4 heteroatoms. The molecule has 0 N–H and O–H groups in total. The van der Waals surface area contributed by atoms with Crippen LogP contribution in [0.5, 0.6) is 5.88 Å². The fraction of sp³-hybridized carbons (Fsp3) is 0.714. The van der Waals surface area contributed by atoms with E-state index >= 15 is 0 Å². The summed E-state index contributed by atoms with van der Waals surface area (Å²) in [5.41, 5.74) is 1.96. The SMILES string of the molecule is Cc1c(Cl)nnc(OC2CCC(C)C(C)C2)c1C. The van der Waals surface area contributed by atoms with Crippen molar-refractivity contribution in [2.24, 2.45) is 11.8 Å². The summed E-state index contributed by atoms with van der Waals surface area (Å²) in [6.07, 6.45) is 3.70. The molecule has 0 saturated heterocycles. The van der Waals surface area contributed by atoms with E-state index in [1.54, 1.807) is 0 Å². The van der Waals surface area contributed by atoms with Gasteiger partial charge in [-0.05, 0) is 50.5 Å². The Balaban J connectivity index is 2.08. The van der Waals surface area contributed by atoms with Crippen LogP contribution in [0.15, 0.2) is 0 Å². The van der Waals surface area contributed by atoms with Crippen LogP contribution in [-0.4, -0.2) is 16.3 Å². The largest absolute Gasteiger partial charge is 0.473 e. The molecule has 1 saturated carbocycles. The third kappa shape index (κ3) is 2.77. The molecule has 3 atom stereocenters. The Morgan fingerprint density at radius 1 is 1.06 bits per heavy atom. The first-order valence-electron chi connectivity index (χ1n) is 6.65. The fourth-order valence-electron chi connectivity index (χ4n) is 2.43. The van der Waals surface area contributed by atoms with E-state index in [-0.39, 0.29) is 6.10 Å². The van der Waals surface area contributed by atoms with Crippen molar-refractivity contribution < 1.29 is 4.74 Å². The molecule has 0 bridgehead atoms. The Morgan fingerprint density at radius 2 is 1.78 bits per heavy atom. The summed E-state index contributed by atoms with van der Waals surface area (Å²) in [4.78, 5) is 0. The first-order chi connectivity index (χ1) is 8.49. The minimum absolute atomic E-state index is 0.268. The first kappa shape index (κ1) is 13.6. The standard InChI is InChI=1S/C14H21ClN2O/c1-8-5-6-12(7-9(8)2)18-14-11(4)10(3)13(15)16-17-14/h8-9,12H,5-7H2,1-4H3. The molecular formula is C14H21ClN2O. The number of nitrogens with zero attached hydrogens (tertiary/aromatic N) is 2. The lowest BCUT2D eigenvalue weighted by atomic mass is 9.80. The lowest BCUT2D eigenvalue weighted by molar-refractivity contribution is 0.0947. The Hall–Kier alpha value is -0.830. The van der Waals surface area contributed by atoms with Crippen LogP contribution in [-0.2, 0) is 0 Å². The van der Waals surface area contributed by atoms with Crippen molar-refractivity contribution >= 4 is 11.6 Å². The summed E-state index contributed by atoms with van der Waals surface area (Å²) in [6, 6.07) is 0. The van der Waals surface area contributed by atoms with Gasteiger partial charge >= 0.3 is 0 Å². The highest BCUT2D eigenvalue weighted by atomic mass is 35.5. The summed E-state index contributed by atoms with van der Waals surface area (Å²) in [5, 5.41) is 8.47. The molecule has 2 rings (SSSR count). The third-order valence-corrected chi connectivity index (χ3v) is 4.61. The number of ether oxygens (including phenoxy) is 1. The van der Waals surface area contributed by atoms with Gasteiger partial charge in [0, 0.05) is 5.56 Å². The Kier molecular flexibility index (Phi) is 4.10.